The van der Waals surface area contributed by atoms with Crippen LogP contribution >= 0.6 is 11.6 Å². The van der Waals surface area contributed by atoms with Gasteiger partial charge in [0.05, 0.1) is 4.92 Å². The van der Waals surface area contributed by atoms with Crippen molar-refractivity contribution in [3.05, 3.63) is 68.2 Å². The maximum atomic E-state index is 12.3. The Morgan fingerprint density at radius 1 is 1.19 bits per heavy atom. The highest BCUT2D eigenvalue weighted by molar-refractivity contribution is 6.31. The molecule has 0 fully saturated rings. The molecule has 0 atom stereocenters. The first-order valence-corrected chi connectivity index (χ1v) is 6.60. The minimum absolute atomic E-state index is 0.0272. The van der Waals surface area contributed by atoms with Crippen LogP contribution in [0.4, 0.5) is 11.4 Å². The summed E-state index contributed by atoms with van der Waals surface area (Å²) in [5, 5.41) is 14.3. The standard InChI is InChI=1S/C15H13ClN2O3/c1-9-5-3-6-11(14(9)18(20)21)15(19)17-13-8-4-7-12(16)10(13)2/h3-8H,1-2H3,(H,17,19). The summed E-state index contributed by atoms with van der Waals surface area (Å²) >= 11 is 5.99. The first-order chi connectivity index (χ1) is 9.91. The molecule has 1 amide bonds. The summed E-state index contributed by atoms with van der Waals surface area (Å²) in [6.45, 7) is 3.36. The second kappa shape index (κ2) is 5.93. The van der Waals surface area contributed by atoms with Gasteiger partial charge in [0.2, 0.25) is 0 Å². The summed E-state index contributed by atoms with van der Waals surface area (Å²) in [7, 11) is 0. The summed E-state index contributed by atoms with van der Waals surface area (Å²) in [6.07, 6.45) is 0. The number of para-hydroxylation sites is 1. The average Bonchev–Trinajstić information content (AvgIpc) is 2.43. The molecule has 0 saturated carbocycles. The fourth-order valence-corrected chi connectivity index (χ4v) is 2.19. The van der Waals surface area contributed by atoms with Gasteiger partial charge in [0.15, 0.2) is 0 Å². The van der Waals surface area contributed by atoms with Crippen molar-refractivity contribution in [2.45, 2.75) is 13.8 Å². The number of carbonyl (C=O) groups excluding carboxylic acids is 1. The molecule has 21 heavy (non-hydrogen) atoms. The van der Waals surface area contributed by atoms with Gasteiger partial charge in [-0.1, -0.05) is 29.8 Å². The number of aryl methyl sites for hydroxylation is 1. The zero-order valence-electron chi connectivity index (χ0n) is 11.5. The SMILES string of the molecule is Cc1cccc(C(=O)Nc2cccc(Cl)c2C)c1[N+](=O)[O-]. The minimum Gasteiger partial charge on any atom is -0.321 e. The van der Waals surface area contributed by atoms with Crippen molar-refractivity contribution < 1.29 is 9.72 Å². The van der Waals surface area contributed by atoms with E-state index in [4.69, 9.17) is 11.6 Å². The largest absolute Gasteiger partial charge is 0.321 e. The second-order valence-electron chi connectivity index (χ2n) is 4.59. The van der Waals surface area contributed by atoms with E-state index < -0.39 is 10.8 Å². The number of hydrogen-bond donors (Lipinski definition) is 1. The van der Waals surface area contributed by atoms with Crippen LogP contribution in [0.1, 0.15) is 21.5 Å². The van der Waals surface area contributed by atoms with Crippen molar-refractivity contribution >= 4 is 28.9 Å². The molecule has 0 unspecified atom stereocenters. The number of carbonyl (C=O) groups is 1. The highest BCUT2D eigenvalue weighted by Crippen LogP contribution is 2.26. The Morgan fingerprint density at radius 3 is 2.52 bits per heavy atom. The van der Waals surface area contributed by atoms with E-state index in [0.29, 0.717) is 21.8 Å². The van der Waals surface area contributed by atoms with Gasteiger partial charge in [-0.2, -0.15) is 0 Å². The number of halogens is 1. The van der Waals surface area contributed by atoms with Crippen LogP contribution in [0.2, 0.25) is 5.02 Å². The van der Waals surface area contributed by atoms with Gasteiger partial charge in [-0.3, -0.25) is 14.9 Å². The van der Waals surface area contributed by atoms with Crippen LogP contribution < -0.4 is 5.32 Å². The van der Waals surface area contributed by atoms with Crippen LogP contribution in [0.3, 0.4) is 0 Å². The van der Waals surface area contributed by atoms with Crippen LogP contribution in [-0.2, 0) is 0 Å². The predicted molar refractivity (Wildman–Crippen MR) is 82.0 cm³/mol. The number of hydrogen-bond acceptors (Lipinski definition) is 3. The lowest BCUT2D eigenvalue weighted by atomic mass is 10.1. The van der Waals surface area contributed by atoms with E-state index >= 15 is 0 Å². The van der Waals surface area contributed by atoms with Crippen LogP contribution in [0.15, 0.2) is 36.4 Å². The molecule has 0 aliphatic rings. The molecular weight excluding hydrogens is 292 g/mol. The lowest BCUT2D eigenvalue weighted by Crippen LogP contribution is -2.15. The third-order valence-corrected chi connectivity index (χ3v) is 3.59. The first-order valence-electron chi connectivity index (χ1n) is 6.22. The zero-order chi connectivity index (χ0) is 15.6. The molecule has 0 aromatic heterocycles. The Bertz CT molecular complexity index is 729. The molecule has 0 heterocycles. The van der Waals surface area contributed by atoms with Crippen molar-refractivity contribution in [3.63, 3.8) is 0 Å². The Morgan fingerprint density at radius 2 is 1.86 bits per heavy atom. The predicted octanol–water partition coefficient (Wildman–Crippen LogP) is 4.12. The third kappa shape index (κ3) is 3.03. The highest BCUT2D eigenvalue weighted by atomic mass is 35.5. The molecule has 108 valence electrons. The Balaban J connectivity index is 2.40. The van der Waals surface area contributed by atoms with Gasteiger partial charge < -0.3 is 5.32 Å². The molecule has 2 aromatic carbocycles. The number of benzene rings is 2. The molecule has 5 nitrogen and oxygen atoms in total. The van der Waals surface area contributed by atoms with Gasteiger partial charge in [-0.05, 0) is 37.6 Å². The van der Waals surface area contributed by atoms with Gasteiger partial charge in [0.1, 0.15) is 5.56 Å². The Labute approximate surface area is 126 Å². The van der Waals surface area contributed by atoms with Crippen molar-refractivity contribution in [2.24, 2.45) is 0 Å². The Kier molecular flexibility index (Phi) is 4.23. The lowest BCUT2D eigenvalue weighted by Gasteiger charge is -2.10. The van der Waals surface area contributed by atoms with Crippen molar-refractivity contribution in [1.82, 2.24) is 0 Å². The zero-order valence-corrected chi connectivity index (χ0v) is 12.3. The molecule has 2 aromatic rings. The van der Waals surface area contributed by atoms with Crippen LogP contribution in [0.5, 0.6) is 0 Å². The number of amides is 1. The number of nitrogens with zero attached hydrogens (tertiary/aromatic N) is 1. The fourth-order valence-electron chi connectivity index (χ4n) is 2.02. The van der Waals surface area contributed by atoms with Crippen molar-refractivity contribution in [3.8, 4) is 0 Å². The number of anilines is 1. The summed E-state index contributed by atoms with van der Waals surface area (Å²) in [6, 6.07) is 9.75. The minimum atomic E-state index is -0.547. The molecule has 6 heteroatoms. The molecule has 2 rings (SSSR count). The molecule has 0 saturated heterocycles. The smallest absolute Gasteiger partial charge is 0.285 e. The topological polar surface area (TPSA) is 72.2 Å². The van der Waals surface area contributed by atoms with E-state index in [1.54, 1.807) is 44.2 Å². The summed E-state index contributed by atoms with van der Waals surface area (Å²) in [4.78, 5) is 22.9. The number of nitro groups is 1. The lowest BCUT2D eigenvalue weighted by molar-refractivity contribution is -0.385. The molecule has 0 radical (unpaired) electrons. The van der Waals surface area contributed by atoms with E-state index in [2.05, 4.69) is 5.32 Å². The molecular formula is C15H13ClN2O3. The van der Waals surface area contributed by atoms with Gasteiger partial charge in [0, 0.05) is 16.3 Å². The number of nitro benzene ring substituents is 1. The van der Waals surface area contributed by atoms with E-state index in [1.807, 2.05) is 0 Å². The van der Waals surface area contributed by atoms with E-state index in [1.165, 1.54) is 6.07 Å². The maximum Gasteiger partial charge on any atom is 0.285 e. The quantitative estimate of drug-likeness (QED) is 0.685. The van der Waals surface area contributed by atoms with Gasteiger partial charge in [-0.15, -0.1) is 0 Å². The van der Waals surface area contributed by atoms with E-state index in [9.17, 15) is 14.9 Å². The monoisotopic (exact) mass is 304 g/mol. The normalized spacial score (nSPS) is 10.2. The van der Waals surface area contributed by atoms with Gasteiger partial charge in [-0.25, -0.2) is 0 Å². The van der Waals surface area contributed by atoms with Gasteiger partial charge in [0.25, 0.3) is 11.6 Å². The molecule has 0 aliphatic heterocycles. The van der Waals surface area contributed by atoms with Gasteiger partial charge >= 0.3 is 0 Å². The Hall–Kier alpha value is -2.40. The molecule has 0 bridgehead atoms. The molecule has 1 N–H and O–H groups in total. The van der Waals surface area contributed by atoms with Crippen molar-refractivity contribution in [2.75, 3.05) is 5.32 Å². The van der Waals surface area contributed by atoms with Crippen LogP contribution in [0, 0.1) is 24.0 Å². The molecule has 0 spiro atoms. The fraction of sp³-hybridized carbons (Fsp3) is 0.133. The molecule has 0 aliphatic carbocycles. The van der Waals surface area contributed by atoms with Crippen LogP contribution in [-0.4, -0.2) is 10.8 Å². The number of rotatable bonds is 3. The summed E-state index contributed by atoms with van der Waals surface area (Å²) in [5.41, 5.74) is 1.52. The van der Waals surface area contributed by atoms with Crippen molar-refractivity contribution in [1.29, 1.82) is 0 Å². The first kappa shape index (κ1) is 15.0. The summed E-state index contributed by atoms with van der Waals surface area (Å²) < 4.78 is 0. The summed E-state index contributed by atoms with van der Waals surface area (Å²) in [5.74, 6) is -0.532. The van der Waals surface area contributed by atoms with E-state index in [-0.39, 0.29) is 11.3 Å². The third-order valence-electron chi connectivity index (χ3n) is 3.18. The maximum absolute atomic E-state index is 12.3. The second-order valence-corrected chi connectivity index (χ2v) is 5.00. The number of nitrogens with one attached hydrogen (secondary N) is 1. The van der Waals surface area contributed by atoms with Crippen LogP contribution in [0.25, 0.3) is 0 Å². The average molecular weight is 305 g/mol. The van der Waals surface area contributed by atoms with E-state index in [0.717, 1.165) is 0 Å². The highest BCUT2D eigenvalue weighted by Gasteiger charge is 2.22.